The van der Waals surface area contributed by atoms with Crippen LogP contribution in [-0.2, 0) is 4.74 Å². The highest BCUT2D eigenvalue weighted by Gasteiger charge is 2.42. The largest absolute Gasteiger partial charge is 0.481 e. The monoisotopic (exact) mass is 263 g/mol. The molecule has 1 aromatic heterocycles. The number of fused-ring (bicyclic) bond motifs is 2. The summed E-state index contributed by atoms with van der Waals surface area (Å²) in [5.74, 6) is 0.491. The van der Waals surface area contributed by atoms with E-state index in [2.05, 4.69) is 9.88 Å². The van der Waals surface area contributed by atoms with Gasteiger partial charge in [0.15, 0.2) is 0 Å². The fourth-order valence-corrected chi connectivity index (χ4v) is 2.67. The van der Waals surface area contributed by atoms with Crippen LogP contribution in [0.25, 0.3) is 0 Å². The molecule has 1 aromatic rings. The van der Waals surface area contributed by atoms with Gasteiger partial charge in [-0.15, -0.1) is 0 Å². The molecular weight excluding hydrogens is 246 g/mol. The van der Waals surface area contributed by atoms with E-state index in [1.807, 2.05) is 11.9 Å². The van der Waals surface area contributed by atoms with Crippen molar-refractivity contribution < 1.29 is 14.3 Å². The molecule has 2 fully saturated rings. The molecule has 2 aliphatic heterocycles. The van der Waals surface area contributed by atoms with Crippen LogP contribution in [0.4, 0.5) is 0 Å². The highest BCUT2D eigenvalue weighted by molar-refractivity contribution is 5.94. The third kappa shape index (κ3) is 2.17. The molecule has 0 aromatic carbocycles. The van der Waals surface area contributed by atoms with E-state index in [0.29, 0.717) is 18.1 Å². The number of hydrogen-bond acceptors (Lipinski definition) is 5. The topological polar surface area (TPSA) is 54.9 Å². The number of carbonyl (C=O) groups is 1. The summed E-state index contributed by atoms with van der Waals surface area (Å²) in [6.45, 7) is 2.22. The second-order valence-corrected chi connectivity index (χ2v) is 4.96. The van der Waals surface area contributed by atoms with Gasteiger partial charge in [0.2, 0.25) is 5.88 Å². The van der Waals surface area contributed by atoms with Crippen molar-refractivity contribution in [1.29, 1.82) is 0 Å². The van der Waals surface area contributed by atoms with Crippen LogP contribution >= 0.6 is 0 Å². The Morgan fingerprint density at radius 3 is 2.95 bits per heavy atom. The van der Waals surface area contributed by atoms with E-state index < -0.39 is 0 Å². The van der Waals surface area contributed by atoms with Gasteiger partial charge >= 0.3 is 0 Å². The molecule has 0 saturated carbocycles. The Labute approximate surface area is 111 Å². The van der Waals surface area contributed by atoms with E-state index in [1.165, 1.54) is 0 Å². The molecule has 0 radical (unpaired) electrons. The number of piperazine rings is 1. The minimum Gasteiger partial charge on any atom is -0.481 e. The Morgan fingerprint density at radius 2 is 2.32 bits per heavy atom. The summed E-state index contributed by atoms with van der Waals surface area (Å²) in [5, 5.41) is 0. The first-order valence-electron chi connectivity index (χ1n) is 6.32. The molecule has 2 aliphatic rings. The molecule has 0 aliphatic carbocycles. The molecule has 0 N–H and O–H groups in total. The van der Waals surface area contributed by atoms with Crippen LogP contribution in [0, 0.1) is 0 Å². The van der Waals surface area contributed by atoms with E-state index in [-0.39, 0.29) is 18.2 Å². The van der Waals surface area contributed by atoms with Gasteiger partial charge in [-0.3, -0.25) is 9.69 Å². The summed E-state index contributed by atoms with van der Waals surface area (Å²) < 4.78 is 10.7. The Kier molecular flexibility index (Phi) is 3.12. The second-order valence-electron chi connectivity index (χ2n) is 4.96. The molecule has 3 heterocycles. The predicted octanol–water partition coefficient (Wildman–Crippen LogP) is 0.203. The molecular formula is C13H17N3O3. The highest BCUT2D eigenvalue weighted by Crippen LogP contribution is 2.25. The van der Waals surface area contributed by atoms with E-state index in [1.54, 1.807) is 25.4 Å². The molecule has 102 valence electrons. The SMILES string of the molecule is COc1ccc(C(=O)N2C3COC2CN(C)C3)cn1. The number of hydrogen-bond donors (Lipinski definition) is 0. The van der Waals surface area contributed by atoms with Gasteiger partial charge in [0.1, 0.15) is 6.23 Å². The highest BCUT2D eigenvalue weighted by atomic mass is 16.5. The van der Waals surface area contributed by atoms with Gasteiger partial charge in [-0.25, -0.2) is 4.98 Å². The Bertz CT molecular complexity index is 463. The lowest BCUT2D eigenvalue weighted by molar-refractivity contribution is -0.00553. The first-order chi connectivity index (χ1) is 9.19. The minimum absolute atomic E-state index is 0.0178. The predicted molar refractivity (Wildman–Crippen MR) is 68.0 cm³/mol. The molecule has 2 atom stereocenters. The van der Waals surface area contributed by atoms with Gasteiger partial charge < -0.3 is 14.4 Å². The molecule has 2 bridgehead atoms. The lowest BCUT2D eigenvalue weighted by atomic mass is 10.1. The average molecular weight is 263 g/mol. The summed E-state index contributed by atoms with van der Waals surface area (Å²) in [7, 11) is 3.60. The molecule has 1 amide bonds. The lowest BCUT2D eigenvalue weighted by Crippen LogP contribution is -2.55. The second kappa shape index (κ2) is 4.79. The van der Waals surface area contributed by atoms with Crippen LogP contribution in [0.2, 0.25) is 0 Å². The number of rotatable bonds is 2. The number of amides is 1. The normalized spacial score (nSPS) is 26.5. The number of nitrogens with zero attached hydrogens (tertiary/aromatic N) is 3. The van der Waals surface area contributed by atoms with Gasteiger partial charge in [-0.1, -0.05) is 0 Å². The van der Waals surface area contributed by atoms with Gasteiger partial charge in [0.25, 0.3) is 5.91 Å². The maximum absolute atomic E-state index is 12.5. The van der Waals surface area contributed by atoms with Gasteiger partial charge in [0.05, 0.1) is 25.3 Å². The molecule has 3 rings (SSSR count). The Hall–Kier alpha value is -1.66. The van der Waals surface area contributed by atoms with Crippen molar-refractivity contribution >= 4 is 5.91 Å². The lowest BCUT2D eigenvalue weighted by Gasteiger charge is -2.37. The van der Waals surface area contributed by atoms with Crippen molar-refractivity contribution in [2.75, 3.05) is 33.9 Å². The maximum atomic E-state index is 12.5. The summed E-state index contributed by atoms with van der Waals surface area (Å²) in [5.41, 5.74) is 0.575. The standard InChI is InChI=1S/C13H17N3O3/c1-15-6-10-8-19-12(7-15)16(10)13(17)9-3-4-11(18-2)14-5-9/h3-5,10,12H,6-8H2,1-2H3. The zero-order chi connectivity index (χ0) is 13.4. The molecule has 6 heteroatoms. The van der Waals surface area contributed by atoms with E-state index in [9.17, 15) is 4.79 Å². The molecule has 6 nitrogen and oxygen atoms in total. The van der Waals surface area contributed by atoms with Crippen LogP contribution in [-0.4, -0.2) is 66.8 Å². The van der Waals surface area contributed by atoms with Crippen molar-refractivity contribution in [1.82, 2.24) is 14.8 Å². The Balaban J connectivity index is 1.80. The number of carbonyl (C=O) groups excluding carboxylic acids is 1. The molecule has 19 heavy (non-hydrogen) atoms. The Morgan fingerprint density at radius 1 is 1.47 bits per heavy atom. The van der Waals surface area contributed by atoms with Crippen LogP contribution in [0.15, 0.2) is 18.3 Å². The zero-order valence-electron chi connectivity index (χ0n) is 11.1. The summed E-state index contributed by atoms with van der Waals surface area (Å²) in [4.78, 5) is 20.6. The fourth-order valence-electron chi connectivity index (χ4n) is 2.67. The maximum Gasteiger partial charge on any atom is 0.257 e. The average Bonchev–Trinajstić information content (AvgIpc) is 2.70. The van der Waals surface area contributed by atoms with E-state index in [4.69, 9.17) is 9.47 Å². The van der Waals surface area contributed by atoms with Gasteiger partial charge in [-0.2, -0.15) is 0 Å². The number of aromatic nitrogens is 1. The third-order valence-electron chi connectivity index (χ3n) is 3.60. The first kappa shape index (κ1) is 12.4. The summed E-state index contributed by atoms with van der Waals surface area (Å²) in [6.07, 6.45) is 1.41. The van der Waals surface area contributed by atoms with Crippen LogP contribution in [0.1, 0.15) is 10.4 Å². The molecule has 2 saturated heterocycles. The minimum atomic E-state index is -0.140. The number of ether oxygens (including phenoxy) is 2. The molecule has 0 spiro atoms. The van der Waals surface area contributed by atoms with E-state index >= 15 is 0 Å². The van der Waals surface area contributed by atoms with Gasteiger partial charge in [0, 0.05) is 25.4 Å². The zero-order valence-corrected chi connectivity index (χ0v) is 11.1. The number of pyridine rings is 1. The first-order valence-corrected chi connectivity index (χ1v) is 6.32. The van der Waals surface area contributed by atoms with Crippen molar-refractivity contribution in [2.45, 2.75) is 12.3 Å². The van der Waals surface area contributed by atoms with Crippen LogP contribution < -0.4 is 4.74 Å². The smallest absolute Gasteiger partial charge is 0.257 e. The summed E-state index contributed by atoms with van der Waals surface area (Å²) in [6, 6.07) is 3.58. The van der Waals surface area contributed by atoms with Crippen molar-refractivity contribution in [3.05, 3.63) is 23.9 Å². The quantitative estimate of drug-likeness (QED) is 0.763. The van der Waals surface area contributed by atoms with Crippen molar-refractivity contribution in [3.63, 3.8) is 0 Å². The third-order valence-corrected chi connectivity index (χ3v) is 3.60. The van der Waals surface area contributed by atoms with E-state index in [0.717, 1.165) is 13.1 Å². The number of methoxy groups -OCH3 is 1. The van der Waals surface area contributed by atoms with Crippen LogP contribution in [0.5, 0.6) is 5.88 Å². The van der Waals surface area contributed by atoms with Crippen molar-refractivity contribution in [3.8, 4) is 5.88 Å². The fraction of sp³-hybridized carbons (Fsp3) is 0.538. The van der Waals surface area contributed by atoms with Crippen LogP contribution in [0.3, 0.4) is 0 Å². The number of likely N-dealkylation sites (N-methyl/N-ethyl adjacent to an activating group) is 1. The summed E-state index contributed by atoms with van der Waals surface area (Å²) >= 11 is 0. The molecule has 2 unspecified atom stereocenters. The van der Waals surface area contributed by atoms with Crippen molar-refractivity contribution in [2.24, 2.45) is 0 Å². The van der Waals surface area contributed by atoms with Gasteiger partial charge in [-0.05, 0) is 13.1 Å².